The molecule has 26 heavy (non-hydrogen) atoms. The van der Waals surface area contributed by atoms with Crippen molar-refractivity contribution in [2.24, 2.45) is 0 Å². The molecule has 6 heteroatoms. The summed E-state index contributed by atoms with van der Waals surface area (Å²) in [5.41, 5.74) is 1.45. The number of anilines is 2. The van der Waals surface area contributed by atoms with Crippen LogP contribution in [0, 0.1) is 0 Å². The summed E-state index contributed by atoms with van der Waals surface area (Å²) in [6, 6.07) is 16.6. The molecule has 0 aliphatic rings. The highest BCUT2D eigenvalue weighted by atomic mass is 16.5. The Hall–Kier alpha value is -3.02. The van der Waals surface area contributed by atoms with Crippen molar-refractivity contribution in [2.45, 2.75) is 6.92 Å². The Morgan fingerprint density at radius 1 is 0.962 bits per heavy atom. The van der Waals surface area contributed by atoms with E-state index in [-0.39, 0.29) is 25.6 Å². The molecule has 0 atom stereocenters. The first-order valence-corrected chi connectivity index (χ1v) is 8.42. The summed E-state index contributed by atoms with van der Waals surface area (Å²) < 4.78 is 10.4. The predicted molar refractivity (Wildman–Crippen MR) is 102 cm³/mol. The minimum absolute atomic E-state index is 0.0919. The number of likely N-dealkylation sites (N-methyl/N-ethyl adjacent to an activating group) is 1. The minimum atomic E-state index is -0.440. The van der Waals surface area contributed by atoms with E-state index in [0.717, 1.165) is 5.69 Å². The fourth-order valence-electron chi connectivity index (χ4n) is 2.59. The van der Waals surface area contributed by atoms with E-state index in [4.69, 9.17) is 9.47 Å². The van der Waals surface area contributed by atoms with Crippen molar-refractivity contribution in [1.29, 1.82) is 0 Å². The smallest absolute Gasteiger partial charge is 0.326 e. The van der Waals surface area contributed by atoms with Crippen LogP contribution in [0.2, 0.25) is 0 Å². The molecule has 0 aliphatic heterocycles. The highest BCUT2D eigenvalue weighted by Crippen LogP contribution is 2.26. The van der Waals surface area contributed by atoms with Gasteiger partial charge >= 0.3 is 5.97 Å². The quantitative estimate of drug-likeness (QED) is 0.681. The van der Waals surface area contributed by atoms with Gasteiger partial charge in [0.1, 0.15) is 12.3 Å². The normalized spacial score (nSPS) is 10.1. The second kappa shape index (κ2) is 9.46. The van der Waals surface area contributed by atoms with E-state index in [1.54, 1.807) is 31.1 Å². The number of carbonyl (C=O) groups excluding carboxylic acids is 2. The van der Waals surface area contributed by atoms with Gasteiger partial charge in [-0.05, 0) is 31.2 Å². The van der Waals surface area contributed by atoms with E-state index in [9.17, 15) is 9.59 Å². The molecule has 0 bridgehead atoms. The van der Waals surface area contributed by atoms with Crippen LogP contribution < -0.4 is 14.5 Å². The minimum Gasteiger partial charge on any atom is -0.495 e. The lowest BCUT2D eigenvalue weighted by atomic mass is 10.2. The van der Waals surface area contributed by atoms with Crippen LogP contribution in [0.1, 0.15) is 6.92 Å². The van der Waals surface area contributed by atoms with Crippen LogP contribution in [0.4, 0.5) is 11.4 Å². The largest absolute Gasteiger partial charge is 0.495 e. The second-order valence-corrected chi connectivity index (χ2v) is 5.65. The van der Waals surface area contributed by atoms with Crippen LogP contribution in [-0.2, 0) is 14.3 Å². The number of carbonyl (C=O) groups is 2. The fraction of sp³-hybridized carbons (Fsp3) is 0.300. The van der Waals surface area contributed by atoms with Crippen molar-refractivity contribution in [2.75, 3.05) is 43.7 Å². The molecule has 2 aromatic rings. The van der Waals surface area contributed by atoms with Crippen LogP contribution in [0.15, 0.2) is 54.6 Å². The molecule has 0 unspecified atom stereocenters. The highest BCUT2D eigenvalue weighted by Gasteiger charge is 2.22. The number of rotatable bonds is 8. The summed E-state index contributed by atoms with van der Waals surface area (Å²) in [7, 11) is 3.40. The molecular formula is C20H24N2O4. The third-order valence-electron chi connectivity index (χ3n) is 3.83. The lowest BCUT2D eigenvalue weighted by molar-refractivity contribution is -0.142. The summed E-state index contributed by atoms with van der Waals surface area (Å²) in [6.07, 6.45) is 0. The zero-order valence-electron chi connectivity index (χ0n) is 15.3. The number of hydrogen-bond donors (Lipinski definition) is 0. The van der Waals surface area contributed by atoms with Crippen molar-refractivity contribution >= 4 is 23.3 Å². The van der Waals surface area contributed by atoms with E-state index in [2.05, 4.69) is 0 Å². The standard InChI is InChI=1S/C20H24N2O4/c1-4-26-20(24)15-22(16-10-6-5-7-11-16)19(23)14-21(2)17-12-8-9-13-18(17)25-3/h5-13H,4,14-15H2,1-3H3. The molecule has 6 nitrogen and oxygen atoms in total. The van der Waals surface area contributed by atoms with Crippen LogP contribution >= 0.6 is 0 Å². The van der Waals surface area contributed by atoms with Crippen LogP contribution in [0.5, 0.6) is 5.75 Å². The Kier molecular flexibility index (Phi) is 7.02. The van der Waals surface area contributed by atoms with Gasteiger partial charge in [-0.15, -0.1) is 0 Å². The first-order chi connectivity index (χ1) is 12.6. The molecule has 0 aliphatic carbocycles. The molecular weight excluding hydrogens is 332 g/mol. The molecule has 1 amide bonds. The average Bonchev–Trinajstić information content (AvgIpc) is 2.66. The molecule has 0 radical (unpaired) electrons. The summed E-state index contributed by atoms with van der Waals surface area (Å²) in [5.74, 6) is 0.0294. The molecule has 0 saturated heterocycles. The molecule has 0 spiro atoms. The van der Waals surface area contributed by atoms with E-state index in [0.29, 0.717) is 11.4 Å². The summed E-state index contributed by atoms with van der Waals surface area (Å²) >= 11 is 0. The monoisotopic (exact) mass is 356 g/mol. The predicted octanol–water partition coefficient (Wildman–Crippen LogP) is 2.73. The second-order valence-electron chi connectivity index (χ2n) is 5.65. The van der Waals surface area contributed by atoms with Crippen LogP contribution in [0.3, 0.4) is 0 Å². The number of benzene rings is 2. The Bertz CT molecular complexity index is 734. The Morgan fingerprint density at radius 3 is 2.27 bits per heavy atom. The van der Waals surface area contributed by atoms with Crippen LogP contribution in [0.25, 0.3) is 0 Å². The van der Waals surface area contributed by atoms with E-state index >= 15 is 0 Å². The first kappa shape index (κ1) is 19.3. The van der Waals surface area contributed by atoms with Gasteiger partial charge in [-0.25, -0.2) is 0 Å². The number of ether oxygens (including phenoxy) is 2. The fourth-order valence-corrected chi connectivity index (χ4v) is 2.59. The third kappa shape index (κ3) is 4.99. The molecule has 2 aromatic carbocycles. The van der Waals surface area contributed by atoms with E-state index in [1.165, 1.54) is 4.90 Å². The summed E-state index contributed by atoms with van der Waals surface area (Å²) in [6.45, 7) is 1.98. The van der Waals surface area contributed by atoms with Gasteiger partial charge in [-0.1, -0.05) is 30.3 Å². The van der Waals surface area contributed by atoms with Gasteiger partial charge in [0.15, 0.2) is 0 Å². The van der Waals surface area contributed by atoms with Gasteiger partial charge in [0.25, 0.3) is 0 Å². The van der Waals surface area contributed by atoms with Gasteiger partial charge < -0.3 is 14.4 Å². The zero-order valence-corrected chi connectivity index (χ0v) is 15.3. The van der Waals surface area contributed by atoms with E-state index in [1.807, 2.05) is 49.5 Å². The molecule has 0 saturated carbocycles. The van der Waals surface area contributed by atoms with E-state index < -0.39 is 5.97 Å². The van der Waals surface area contributed by atoms with Crippen molar-refractivity contribution in [3.8, 4) is 5.75 Å². The SMILES string of the molecule is CCOC(=O)CN(C(=O)CN(C)c1ccccc1OC)c1ccccc1. The van der Waals surface area contributed by atoms with Gasteiger partial charge in [0.05, 0.1) is 25.9 Å². The number of hydrogen-bond acceptors (Lipinski definition) is 5. The Balaban J connectivity index is 2.19. The molecule has 0 aromatic heterocycles. The Morgan fingerprint density at radius 2 is 1.62 bits per heavy atom. The number of esters is 1. The lowest BCUT2D eigenvalue weighted by Gasteiger charge is -2.26. The van der Waals surface area contributed by atoms with Gasteiger partial charge in [0.2, 0.25) is 5.91 Å². The van der Waals surface area contributed by atoms with Crippen molar-refractivity contribution in [3.05, 3.63) is 54.6 Å². The molecule has 138 valence electrons. The molecule has 0 fully saturated rings. The van der Waals surface area contributed by atoms with Crippen molar-refractivity contribution in [3.63, 3.8) is 0 Å². The van der Waals surface area contributed by atoms with Crippen molar-refractivity contribution < 1.29 is 19.1 Å². The number of methoxy groups -OCH3 is 1. The maximum absolute atomic E-state index is 12.9. The summed E-state index contributed by atoms with van der Waals surface area (Å²) in [4.78, 5) is 28.1. The maximum Gasteiger partial charge on any atom is 0.326 e. The van der Waals surface area contributed by atoms with Gasteiger partial charge in [0, 0.05) is 12.7 Å². The maximum atomic E-state index is 12.9. The van der Waals surface area contributed by atoms with Gasteiger partial charge in [-0.3, -0.25) is 14.5 Å². The lowest BCUT2D eigenvalue weighted by Crippen LogP contribution is -2.42. The molecule has 0 heterocycles. The first-order valence-electron chi connectivity index (χ1n) is 8.42. The van der Waals surface area contributed by atoms with Crippen LogP contribution in [-0.4, -0.2) is 45.7 Å². The number of amides is 1. The summed E-state index contributed by atoms with van der Waals surface area (Å²) in [5, 5.41) is 0. The number of para-hydroxylation sites is 3. The zero-order chi connectivity index (χ0) is 18.9. The molecule has 2 rings (SSSR count). The number of nitrogens with zero attached hydrogens (tertiary/aromatic N) is 2. The van der Waals surface area contributed by atoms with Gasteiger partial charge in [-0.2, -0.15) is 0 Å². The Labute approximate surface area is 153 Å². The average molecular weight is 356 g/mol. The highest BCUT2D eigenvalue weighted by molar-refractivity contribution is 6.00. The molecule has 0 N–H and O–H groups in total. The third-order valence-corrected chi connectivity index (χ3v) is 3.83. The van der Waals surface area contributed by atoms with Crippen molar-refractivity contribution in [1.82, 2.24) is 0 Å². The topological polar surface area (TPSA) is 59.1 Å².